The van der Waals surface area contributed by atoms with Crippen molar-refractivity contribution in [2.24, 2.45) is 0 Å². The molecule has 0 aliphatic rings. The predicted molar refractivity (Wildman–Crippen MR) is 80.3 cm³/mol. The highest BCUT2D eigenvalue weighted by Gasteiger charge is 2.19. The highest BCUT2D eigenvalue weighted by Crippen LogP contribution is 2.10. The van der Waals surface area contributed by atoms with Gasteiger partial charge in [-0.25, -0.2) is 9.59 Å². The summed E-state index contributed by atoms with van der Waals surface area (Å²) in [7, 11) is 3.06. The Morgan fingerprint density at radius 3 is 2.19 bits per heavy atom. The van der Waals surface area contributed by atoms with Crippen LogP contribution in [0.25, 0.3) is 0 Å². The second-order valence-electron chi connectivity index (χ2n) is 5.84. The lowest BCUT2D eigenvalue weighted by Crippen LogP contribution is -2.35. The van der Waals surface area contributed by atoms with E-state index in [9.17, 15) is 9.59 Å². The number of carbonyl (C=O) groups is 2. The molecule has 21 heavy (non-hydrogen) atoms. The van der Waals surface area contributed by atoms with E-state index >= 15 is 0 Å². The Balaban J connectivity index is 2.51. The molecule has 0 N–H and O–H groups in total. The van der Waals surface area contributed by atoms with Crippen LogP contribution in [0.5, 0.6) is 0 Å². The minimum absolute atomic E-state index is 0.339. The summed E-state index contributed by atoms with van der Waals surface area (Å²) in [5.41, 5.74) is 1.06. The molecule has 0 saturated heterocycles. The monoisotopic (exact) mass is 293 g/mol. The summed E-state index contributed by atoms with van der Waals surface area (Å²) in [5.74, 6) is -0.354. The van der Waals surface area contributed by atoms with E-state index in [0.29, 0.717) is 18.5 Å². The summed E-state index contributed by atoms with van der Waals surface area (Å²) in [5, 5.41) is 0. The predicted octanol–water partition coefficient (Wildman–Crippen LogP) is 2.88. The largest absolute Gasteiger partial charge is 0.465 e. The van der Waals surface area contributed by atoms with E-state index in [0.717, 1.165) is 5.56 Å². The normalized spacial score (nSPS) is 10.9. The Hall–Kier alpha value is -2.04. The summed E-state index contributed by atoms with van der Waals surface area (Å²) in [4.78, 5) is 24.7. The summed E-state index contributed by atoms with van der Waals surface area (Å²) < 4.78 is 9.92. The van der Waals surface area contributed by atoms with E-state index in [1.165, 1.54) is 7.11 Å². The minimum atomic E-state index is -0.493. The maximum Gasteiger partial charge on any atom is 0.410 e. The lowest BCUT2D eigenvalue weighted by atomic mass is 10.1. The zero-order valence-electron chi connectivity index (χ0n) is 13.3. The maximum absolute atomic E-state index is 11.8. The van der Waals surface area contributed by atoms with Crippen LogP contribution in [0.4, 0.5) is 4.79 Å². The molecule has 0 bridgehead atoms. The third-order valence-corrected chi connectivity index (χ3v) is 2.82. The molecule has 0 aromatic heterocycles. The van der Waals surface area contributed by atoms with Gasteiger partial charge in [0.2, 0.25) is 0 Å². The fourth-order valence-corrected chi connectivity index (χ4v) is 1.65. The molecule has 5 nitrogen and oxygen atoms in total. The fourth-order valence-electron chi connectivity index (χ4n) is 1.65. The van der Waals surface area contributed by atoms with Crippen LogP contribution in [0.3, 0.4) is 0 Å². The van der Waals surface area contributed by atoms with Gasteiger partial charge in [0.15, 0.2) is 0 Å². The molecule has 1 amide bonds. The molecule has 0 fully saturated rings. The maximum atomic E-state index is 11.8. The SMILES string of the molecule is COC(=O)c1ccc(CCN(C)C(=O)OC(C)(C)C)cc1. The number of amides is 1. The van der Waals surface area contributed by atoms with Crippen LogP contribution in [-0.2, 0) is 15.9 Å². The second kappa shape index (κ2) is 7.11. The van der Waals surface area contributed by atoms with Crippen LogP contribution in [-0.4, -0.2) is 43.3 Å². The van der Waals surface area contributed by atoms with Crippen LogP contribution in [0.15, 0.2) is 24.3 Å². The van der Waals surface area contributed by atoms with Gasteiger partial charge in [0, 0.05) is 13.6 Å². The van der Waals surface area contributed by atoms with Gasteiger partial charge in [0.25, 0.3) is 0 Å². The zero-order chi connectivity index (χ0) is 16.0. The summed E-state index contributed by atoms with van der Waals surface area (Å²) in [6.07, 6.45) is 0.352. The first-order valence-electron chi connectivity index (χ1n) is 6.84. The standard InChI is InChI=1S/C16H23NO4/c1-16(2,3)21-15(19)17(4)11-10-12-6-8-13(9-7-12)14(18)20-5/h6-9H,10-11H2,1-5H3. The Bertz CT molecular complexity index is 488. The van der Waals surface area contributed by atoms with Crippen LogP contribution >= 0.6 is 0 Å². The van der Waals surface area contributed by atoms with Crippen molar-refractivity contribution in [3.8, 4) is 0 Å². The number of benzene rings is 1. The number of ether oxygens (including phenoxy) is 2. The van der Waals surface area contributed by atoms with Gasteiger partial charge in [-0.05, 0) is 44.9 Å². The molecular formula is C16H23NO4. The highest BCUT2D eigenvalue weighted by molar-refractivity contribution is 5.89. The van der Waals surface area contributed by atoms with Gasteiger partial charge in [-0.1, -0.05) is 12.1 Å². The van der Waals surface area contributed by atoms with Crippen molar-refractivity contribution in [3.05, 3.63) is 35.4 Å². The van der Waals surface area contributed by atoms with Crippen molar-refractivity contribution in [3.63, 3.8) is 0 Å². The first kappa shape index (κ1) is 17.0. The number of carbonyl (C=O) groups excluding carboxylic acids is 2. The van der Waals surface area contributed by atoms with Crippen molar-refractivity contribution >= 4 is 12.1 Å². The highest BCUT2D eigenvalue weighted by atomic mass is 16.6. The fraction of sp³-hybridized carbons (Fsp3) is 0.500. The van der Waals surface area contributed by atoms with Gasteiger partial charge in [-0.3, -0.25) is 0 Å². The number of esters is 1. The summed E-state index contributed by atoms with van der Waals surface area (Å²) >= 11 is 0. The van der Waals surface area contributed by atoms with Crippen molar-refractivity contribution in [2.45, 2.75) is 32.8 Å². The lowest BCUT2D eigenvalue weighted by molar-refractivity contribution is 0.0300. The number of rotatable bonds is 4. The van der Waals surface area contributed by atoms with E-state index in [4.69, 9.17) is 4.74 Å². The molecule has 0 unspecified atom stereocenters. The molecule has 1 aromatic rings. The third kappa shape index (κ3) is 5.85. The minimum Gasteiger partial charge on any atom is -0.465 e. The van der Waals surface area contributed by atoms with Crippen molar-refractivity contribution in [1.82, 2.24) is 4.90 Å². The van der Waals surface area contributed by atoms with Gasteiger partial charge < -0.3 is 14.4 Å². The van der Waals surface area contributed by atoms with E-state index in [1.807, 2.05) is 32.9 Å². The second-order valence-corrected chi connectivity index (χ2v) is 5.84. The van der Waals surface area contributed by atoms with Crippen LogP contribution in [0, 0.1) is 0 Å². The van der Waals surface area contributed by atoms with E-state index in [1.54, 1.807) is 24.1 Å². The molecule has 0 heterocycles. The smallest absolute Gasteiger partial charge is 0.410 e. The van der Waals surface area contributed by atoms with Gasteiger partial charge in [0.1, 0.15) is 5.60 Å². The van der Waals surface area contributed by atoms with E-state index in [-0.39, 0.29) is 12.1 Å². The third-order valence-electron chi connectivity index (χ3n) is 2.82. The number of methoxy groups -OCH3 is 1. The van der Waals surface area contributed by atoms with Crippen LogP contribution in [0.1, 0.15) is 36.7 Å². The average molecular weight is 293 g/mol. The lowest BCUT2D eigenvalue weighted by Gasteiger charge is -2.24. The van der Waals surface area contributed by atoms with Crippen molar-refractivity contribution < 1.29 is 19.1 Å². The molecular weight excluding hydrogens is 270 g/mol. The summed E-state index contributed by atoms with van der Waals surface area (Å²) in [6.45, 7) is 6.06. The molecule has 0 radical (unpaired) electrons. The quantitative estimate of drug-likeness (QED) is 0.801. The topological polar surface area (TPSA) is 55.8 Å². The van der Waals surface area contributed by atoms with Crippen LogP contribution < -0.4 is 0 Å². The Morgan fingerprint density at radius 2 is 1.71 bits per heavy atom. The number of hydrogen-bond donors (Lipinski definition) is 0. The molecule has 0 spiro atoms. The van der Waals surface area contributed by atoms with Gasteiger partial charge >= 0.3 is 12.1 Å². The molecule has 0 aliphatic carbocycles. The Kier molecular flexibility index (Phi) is 5.76. The van der Waals surface area contributed by atoms with Crippen molar-refractivity contribution in [1.29, 1.82) is 0 Å². The molecule has 0 atom stereocenters. The zero-order valence-corrected chi connectivity index (χ0v) is 13.3. The Morgan fingerprint density at radius 1 is 1.14 bits per heavy atom. The number of likely N-dealkylation sites (N-methyl/N-ethyl adjacent to an activating group) is 1. The van der Waals surface area contributed by atoms with Gasteiger partial charge in [-0.2, -0.15) is 0 Å². The van der Waals surface area contributed by atoms with Gasteiger partial charge in [-0.15, -0.1) is 0 Å². The first-order valence-corrected chi connectivity index (χ1v) is 6.84. The molecule has 5 heteroatoms. The molecule has 0 saturated carbocycles. The average Bonchev–Trinajstić information content (AvgIpc) is 2.42. The van der Waals surface area contributed by atoms with E-state index in [2.05, 4.69) is 4.74 Å². The number of hydrogen-bond acceptors (Lipinski definition) is 4. The van der Waals surface area contributed by atoms with Gasteiger partial charge in [0.05, 0.1) is 12.7 Å². The number of nitrogens with zero attached hydrogens (tertiary/aromatic N) is 1. The summed E-state index contributed by atoms with van der Waals surface area (Å²) in [6, 6.07) is 7.15. The Labute approximate surface area is 125 Å². The van der Waals surface area contributed by atoms with Crippen LogP contribution in [0.2, 0.25) is 0 Å². The first-order chi connectivity index (χ1) is 9.73. The van der Waals surface area contributed by atoms with E-state index < -0.39 is 5.60 Å². The molecule has 1 aromatic carbocycles. The van der Waals surface area contributed by atoms with Crippen molar-refractivity contribution in [2.75, 3.05) is 20.7 Å². The molecule has 116 valence electrons. The molecule has 0 aliphatic heterocycles. The molecule has 1 rings (SSSR count).